The number of unbranched alkanes of at least 4 members (excludes halogenated alkanes) is 7. The molecular formula is C42H60Cl2N6O6. The van der Waals surface area contributed by atoms with Crippen LogP contribution in [-0.2, 0) is 14.3 Å². The molecule has 1 saturated heterocycles. The van der Waals surface area contributed by atoms with E-state index >= 15 is 0 Å². The second-order valence-electron chi connectivity index (χ2n) is 14.1. The number of halogens is 2. The van der Waals surface area contributed by atoms with E-state index in [0.29, 0.717) is 68.2 Å². The van der Waals surface area contributed by atoms with Crippen molar-refractivity contribution < 1.29 is 28.5 Å². The summed E-state index contributed by atoms with van der Waals surface area (Å²) in [4.78, 5) is 20.4. The number of fused-ring (bicyclic) bond motifs is 1. The van der Waals surface area contributed by atoms with Crippen molar-refractivity contribution in [3.63, 3.8) is 0 Å². The van der Waals surface area contributed by atoms with Crippen LogP contribution in [0.5, 0.6) is 17.2 Å². The van der Waals surface area contributed by atoms with Gasteiger partial charge in [0.05, 0.1) is 53.3 Å². The van der Waals surface area contributed by atoms with Crippen molar-refractivity contribution in [2.24, 2.45) is 5.73 Å². The second kappa shape index (κ2) is 25.6. The van der Waals surface area contributed by atoms with Crippen molar-refractivity contribution in [2.45, 2.75) is 77.0 Å². The molecule has 56 heavy (non-hydrogen) atoms. The molecule has 4 rings (SSSR count). The summed E-state index contributed by atoms with van der Waals surface area (Å²) in [5, 5.41) is 14.6. The van der Waals surface area contributed by atoms with Crippen molar-refractivity contribution in [3.05, 3.63) is 46.1 Å². The van der Waals surface area contributed by atoms with Crippen LogP contribution < -0.4 is 25.3 Å². The Labute approximate surface area is 342 Å². The first-order chi connectivity index (χ1) is 27.3. The molecule has 2 heterocycles. The quantitative estimate of drug-likeness (QED) is 0.0683. The average Bonchev–Trinajstić information content (AvgIpc) is 3.20. The lowest BCUT2D eigenvalue weighted by Gasteiger charge is -2.34. The number of nitrogens with two attached hydrogens (primary N) is 1. The normalized spacial score (nSPS) is 13.5. The van der Waals surface area contributed by atoms with Crippen LogP contribution in [-0.4, -0.2) is 107 Å². The molecule has 14 heteroatoms. The van der Waals surface area contributed by atoms with E-state index in [1.807, 2.05) is 12.1 Å². The minimum absolute atomic E-state index is 0.221. The van der Waals surface area contributed by atoms with E-state index in [4.69, 9.17) is 52.6 Å². The van der Waals surface area contributed by atoms with Crippen molar-refractivity contribution in [2.75, 3.05) is 91.8 Å². The fourth-order valence-corrected chi connectivity index (χ4v) is 7.18. The Kier molecular flexibility index (Phi) is 20.7. The third-order valence-electron chi connectivity index (χ3n) is 9.92. The zero-order valence-electron chi connectivity index (χ0n) is 33.2. The van der Waals surface area contributed by atoms with Gasteiger partial charge in [-0.15, -0.1) is 0 Å². The van der Waals surface area contributed by atoms with Crippen molar-refractivity contribution in [1.82, 2.24) is 14.8 Å². The Hall–Kier alpha value is -3.57. The average molecular weight is 816 g/mol. The summed E-state index contributed by atoms with van der Waals surface area (Å²) in [7, 11) is 3.13. The van der Waals surface area contributed by atoms with Crippen molar-refractivity contribution >= 4 is 51.4 Å². The van der Waals surface area contributed by atoms with E-state index in [-0.39, 0.29) is 5.91 Å². The maximum Gasteiger partial charge on any atom is 0.217 e. The molecule has 0 bridgehead atoms. The molecule has 3 aromatic rings. The van der Waals surface area contributed by atoms with Crippen molar-refractivity contribution in [1.29, 1.82) is 5.26 Å². The van der Waals surface area contributed by atoms with Crippen LogP contribution in [0.2, 0.25) is 10.0 Å². The summed E-state index contributed by atoms with van der Waals surface area (Å²) < 4.78 is 28.8. The molecule has 1 aliphatic rings. The smallest absolute Gasteiger partial charge is 0.217 e. The Morgan fingerprint density at radius 1 is 0.750 bits per heavy atom. The first-order valence-electron chi connectivity index (χ1n) is 20.0. The van der Waals surface area contributed by atoms with Gasteiger partial charge in [0.2, 0.25) is 5.91 Å². The number of ether oxygens (including phenoxy) is 5. The number of carbonyl (C=O) groups excluding carboxylic acids is 1. The number of rotatable bonds is 28. The van der Waals surface area contributed by atoms with Gasteiger partial charge in [0.1, 0.15) is 11.8 Å². The van der Waals surface area contributed by atoms with E-state index in [0.717, 1.165) is 117 Å². The number of aromatic nitrogens is 1. The largest absolute Gasteiger partial charge is 0.495 e. The van der Waals surface area contributed by atoms with Crippen LogP contribution in [0.3, 0.4) is 0 Å². The lowest BCUT2D eigenvalue weighted by molar-refractivity contribution is -0.118. The van der Waals surface area contributed by atoms with Gasteiger partial charge in [0, 0.05) is 89.3 Å². The zero-order chi connectivity index (χ0) is 40.0. The molecule has 0 saturated carbocycles. The van der Waals surface area contributed by atoms with Gasteiger partial charge < -0.3 is 44.5 Å². The first-order valence-corrected chi connectivity index (χ1v) is 20.8. The molecule has 0 aliphatic carbocycles. The number of benzene rings is 2. The molecule has 1 amide bonds. The Morgan fingerprint density at radius 3 is 1.95 bits per heavy atom. The van der Waals surface area contributed by atoms with Crippen LogP contribution in [0.4, 0.5) is 11.4 Å². The Morgan fingerprint density at radius 2 is 1.34 bits per heavy atom. The highest BCUT2D eigenvalue weighted by Gasteiger charge is 2.18. The molecule has 1 aromatic heterocycles. The van der Waals surface area contributed by atoms with E-state index in [2.05, 4.69) is 26.2 Å². The van der Waals surface area contributed by atoms with Gasteiger partial charge in [-0.2, -0.15) is 5.26 Å². The number of hydrogen-bond donors (Lipinski definition) is 2. The number of piperazine rings is 1. The number of pyridine rings is 1. The highest BCUT2D eigenvalue weighted by atomic mass is 35.5. The Bertz CT molecular complexity index is 1680. The number of carbonyl (C=O) groups is 1. The van der Waals surface area contributed by atoms with Gasteiger partial charge in [0.25, 0.3) is 0 Å². The first kappa shape index (κ1) is 45.1. The number of hydrogen-bond acceptors (Lipinski definition) is 11. The van der Waals surface area contributed by atoms with Crippen LogP contribution in [0.1, 0.15) is 82.6 Å². The number of primary amides is 1. The third kappa shape index (κ3) is 15.4. The monoisotopic (exact) mass is 814 g/mol. The molecule has 1 fully saturated rings. The Balaban J connectivity index is 1.05. The molecule has 0 radical (unpaired) electrons. The predicted molar refractivity (Wildman–Crippen MR) is 224 cm³/mol. The van der Waals surface area contributed by atoms with Crippen LogP contribution >= 0.6 is 23.2 Å². The molecule has 2 aromatic carbocycles. The van der Waals surface area contributed by atoms with Gasteiger partial charge in [0.15, 0.2) is 11.5 Å². The predicted octanol–water partition coefficient (Wildman–Crippen LogP) is 8.37. The molecule has 0 atom stereocenters. The molecule has 0 unspecified atom stereocenters. The van der Waals surface area contributed by atoms with Gasteiger partial charge in [-0.25, -0.2) is 0 Å². The molecule has 1 aliphatic heterocycles. The standard InChI is InChI=1S/C42H60Cl2N6O6/c1-52-38-29-37(34(43)27-35(38)44)48-42-32(30-45)31-47-36-28-40(39(53-2)26-33(36)42)56-25-13-16-50-19-17-49(18-20-50)15-8-3-4-9-21-54-23-11-6-12-24-55-22-10-5-7-14-41(46)51/h26-29,31H,3-25H2,1-2H3,(H2,46,51)(H,47,48). The minimum Gasteiger partial charge on any atom is -0.495 e. The molecule has 12 nitrogen and oxygen atoms in total. The van der Waals surface area contributed by atoms with Crippen molar-refractivity contribution in [3.8, 4) is 23.3 Å². The molecule has 3 N–H and O–H groups in total. The molecule has 308 valence electrons. The van der Waals surface area contributed by atoms with Crippen LogP contribution in [0, 0.1) is 11.3 Å². The fourth-order valence-electron chi connectivity index (χ4n) is 6.68. The van der Waals surface area contributed by atoms with Gasteiger partial charge in [-0.05, 0) is 70.0 Å². The maximum atomic E-state index is 10.7. The van der Waals surface area contributed by atoms with Gasteiger partial charge in [-0.1, -0.05) is 42.5 Å². The highest BCUT2D eigenvalue weighted by Crippen LogP contribution is 2.40. The summed E-state index contributed by atoms with van der Waals surface area (Å²) in [5.74, 6) is 1.39. The minimum atomic E-state index is -0.221. The maximum absolute atomic E-state index is 10.7. The van der Waals surface area contributed by atoms with Gasteiger partial charge in [-0.3, -0.25) is 9.78 Å². The second-order valence-corrected chi connectivity index (χ2v) is 14.9. The molecular weight excluding hydrogens is 755 g/mol. The number of nitrogens with zero attached hydrogens (tertiary/aromatic N) is 4. The number of nitriles is 1. The zero-order valence-corrected chi connectivity index (χ0v) is 34.7. The molecule has 0 spiro atoms. The highest BCUT2D eigenvalue weighted by molar-refractivity contribution is 6.37. The lowest BCUT2D eigenvalue weighted by Crippen LogP contribution is -2.46. The SMILES string of the molecule is COc1cc(Nc2c(C#N)cnc3cc(OCCCN4CCN(CCCCCCOCCCCCOCCCCCC(N)=O)CC4)c(OC)cc23)c(Cl)cc1Cl. The summed E-state index contributed by atoms with van der Waals surface area (Å²) in [5.41, 5.74) is 7.23. The summed E-state index contributed by atoms with van der Waals surface area (Å²) in [6, 6.07) is 9.18. The number of methoxy groups -OCH3 is 2. The summed E-state index contributed by atoms with van der Waals surface area (Å²) in [6.07, 6.45) is 13.9. The summed E-state index contributed by atoms with van der Waals surface area (Å²) in [6.45, 7) is 10.3. The fraction of sp³-hybridized carbons (Fsp3) is 0.595. The number of nitrogens with one attached hydrogen (secondary N) is 1. The lowest BCUT2D eigenvalue weighted by atomic mass is 10.1. The number of amides is 1. The van der Waals surface area contributed by atoms with E-state index in [9.17, 15) is 10.1 Å². The van der Waals surface area contributed by atoms with Crippen LogP contribution in [0.15, 0.2) is 30.5 Å². The third-order valence-corrected chi connectivity index (χ3v) is 10.5. The summed E-state index contributed by atoms with van der Waals surface area (Å²) >= 11 is 12.7. The van der Waals surface area contributed by atoms with E-state index < -0.39 is 0 Å². The van der Waals surface area contributed by atoms with E-state index in [1.54, 1.807) is 19.2 Å². The number of anilines is 2. The van der Waals surface area contributed by atoms with E-state index in [1.165, 1.54) is 32.6 Å². The topological polar surface area (TPSA) is 144 Å². The van der Waals surface area contributed by atoms with Crippen LogP contribution in [0.25, 0.3) is 10.9 Å². The van der Waals surface area contributed by atoms with Gasteiger partial charge >= 0.3 is 0 Å².